The normalized spacial score (nSPS) is 19.6. The Balaban J connectivity index is 0.00000561. The average molecular weight is 749 g/mol. The van der Waals surface area contributed by atoms with Crippen LogP contribution in [-0.2, 0) is 31.9 Å². The number of piperazine rings is 1. The summed E-state index contributed by atoms with van der Waals surface area (Å²) in [6, 6.07) is 11.8. The first kappa shape index (κ1) is 40.8. The van der Waals surface area contributed by atoms with Crippen LogP contribution >= 0.6 is 0 Å². The molecule has 0 radical (unpaired) electrons. The molecule has 1 atom stereocenters. The lowest BCUT2D eigenvalue weighted by atomic mass is 9.98. The van der Waals surface area contributed by atoms with Gasteiger partial charge in [-0.25, -0.2) is 9.59 Å². The van der Waals surface area contributed by atoms with Crippen LogP contribution in [0.3, 0.4) is 0 Å². The molecule has 6 rings (SSSR count). The second kappa shape index (κ2) is 18.8. The number of phenolic OH excluding ortho intramolecular Hbond substituents is 1. The summed E-state index contributed by atoms with van der Waals surface area (Å²) in [4.78, 5) is 63.0. The van der Waals surface area contributed by atoms with E-state index in [1.165, 1.54) is 0 Å². The highest BCUT2D eigenvalue weighted by molar-refractivity contribution is 5.91. The third-order valence-corrected chi connectivity index (χ3v) is 11.3. The predicted octanol–water partition coefficient (Wildman–Crippen LogP) is 4.81. The topological polar surface area (TPSA) is 135 Å². The van der Waals surface area contributed by atoms with E-state index in [1.54, 1.807) is 4.90 Å². The fraction of sp³-hybridized carbons (Fsp3) is 0.610. The second-order valence-corrected chi connectivity index (χ2v) is 15.0. The van der Waals surface area contributed by atoms with E-state index in [0.717, 1.165) is 68.7 Å². The fourth-order valence-electron chi connectivity index (χ4n) is 8.24. The number of rotatable bonds is 10. The van der Waals surface area contributed by atoms with Crippen LogP contribution in [0.2, 0.25) is 0 Å². The summed E-state index contributed by atoms with van der Waals surface area (Å²) in [6.07, 6.45) is 3.16. The summed E-state index contributed by atoms with van der Waals surface area (Å²) in [6.45, 7) is 12.4. The number of anilines is 1. The Morgan fingerprint density at radius 3 is 2.17 bits per heavy atom. The molecule has 0 aliphatic carbocycles. The van der Waals surface area contributed by atoms with E-state index in [-0.39, 0.29) is 43.5 Å². The van der Waals surface area contributed by atoms with Gasteiger partial charge in [0.25, 0.3) is 5.91 Å². The SMILES string of the molecule is C.CCCOC(=O)CN1CCN(C2CCN(C(=O)[C@@H](Cc3cc(C)c(O)c(C)c3)OC(=O)N3CCC(N4CCc5ccccc5NC4=O)CC3)CC2)CC1. The molecule has 2 N–H and O–H groups in total. The maximum Gasteiger partial charge on any atom is 0.410 e. The largest absolute Gasteiger partial charge is 0.507 e. The number of nitrogens with one attached hydrogen (secondary N) is 1. The van der Waals surface area contributed by atoms with Crippen LogP contribution < -0.4 is 5.32 Å². The molecule has 296 valence electrons. The Kier molecular flexibility index (Phi) is 14.2. The number of phenols is 1. The van der Waals surface area contributed by atoms with Crippen LogP contribution in [0, 0.1) is 13.8 Å². The van der Waals surface area contributed by atoms with Gasteiger partial charge in [-0.05, 0) is 80.7 Å². The Bertz CT molecular complexity index is 1590. The van der Waals surface area contributed by atoms with Crippen molar-refractivity contribution in [2.24, 2.45) is 0 Å². The van der Waals surface area contributed by atoms with Crippen LogP contribution in [0.1, 0.15) is 68.7 Å². The van der Waals surface area contributed by atoms with Gasteiger partial charge < -0.3 is 34.6 Å². The molecular weight excluding hydrogens is 688 g/mol. The van der Waals surface area contributed by atoms with E-state index in [9.17, 15) is 24.3 Å². The molecular formula is C41H60N6O7. The lowest BCUT2D eigenvalue weighted by Gasteiger charge is -2.43. The summed E-state index contributed by atoms with van der Waals surface area (Å²) < 4.78 is 11.3. The maximum absolute atomic E-state index is 14.1. The number of carbonyl (C=O) groups is 4. The van der Waals surface area contributed by atoms with Gasteiger partial charge in [0, 0.05) is 83.1 Å². The van der Waals surface area contributed by atoms with Crippen molar-refractivity contribution in [3.05, 3.63) is 58.7 Å². The van der Waals surface area contributed by atoms with Crippen LogP contribution in [-0.4, -0.2) is 144 Å². The zero-order valence-corrected chi connectivity index (χ0v) is 31.6. The van der Waals surface area contributed by atoms with E-state index in [0.29, 0.717) is 75.9 Å². The number of hydrogen-bond donors (Lipinski definition) is 2. The van der Waals surface area contributed by atoms with Gasteiger partial charge in [0.2, 0.25) is 0 Å². The van der Waals surface area contributed by atoms with Gasteiger partial charge >= 0.3 is 18.1 Å². The summed E-state index contributed by atoms with van der Waals surface area (Å²) >= 11 is 0. The molecule has 0 unspecified atom stereocenters. The number of esters is 1. The fourth-order valence-corrected chi connectivity index (χ4v) is 8.24. The Labute approximate surface area is 320 Å². The Hall–Kier alpha value is -4.36. The number of urea groups is 1. The van der Waals surface area contributed by atoms with Crippen molar-refractivity contribution >= 4 is 29.7 Å². The summed E-state index contributed by atoms with van der Waals surface area (Å²) in [7, 11) is 0. The minimum Gasteiger partial charge on any atom is -0.507 e. The number of piperidine rings is 2. The third-order valence-electron chi connectivity index (χ3n) is 11.3. The van der Waals surface area contributed by atoms with Crippen molar-refractivity contribution < 1.29 is 33.8 Å². The molecule has 0 bridgehead atoms. The van der Waals surface area contributed by atoms with Gasteiger partial charge in [0.1, 0.15) is 5.75 Å². The molecule has 3 fully saturated rings. The van der Waals surface area contributed by atoms with E-state index < -0.39 is 12.2 Å². The van der Waals surface area contributed by atoms with Crippen molar-refractivity contribution in [2.75, 3.05) is 77.4 Å². The number of aromatic hydroxyl groups is 1. The lowest BCUT2D eigenvalue weighted by Crippen LogP contribution is -2.55. The van der Waals surface area contributed by atoms with Gasteiger partial charge in [-0.1, -0.05) is 44.7 Å². The number of ether oxygens (including phenoxy) is 2. The van der Waals surface area contributed by atoms with Crippen LogP contribution in [0.4, 0.5) is 15.3 Å². The van der Waals surface area contributed by atoms with Crippen LogP contribution in [0.5, 0.6) is 5.75 Å². The molecule has 3 saturated heterocycles. The minimum atomic E-state index is -1.01. The van der Waals surface area contributed by atoms with Crippen molar-refractivity contribution in [3.8, 4) is 5.75 Å². The third kappa shape index (κ3) is 10.0. The van der Waals surface area contributed by atoms with Crippen LogP contribution in [0.15, 0.2) is 36.4 Å². The molecule has 0 saturated carbocycles. The van der Waals surface area contributed by atoms with Crippen molar-refractivity contribution in [1.82, 2.24) is 24.5 Å². The number of benzene rings is 2. The molecule has 0 aromatic heterocycles. The van der Waals surface area contributed by atoms with Crippen molar-refractivity contribution in [1.29, 1.82) is 0 Å². The lowest BCUT2D eigenvalue weighted by molar-refractivity contribution is -0.145. The first-order valence-corrected chi connectivity index (χ1v) is 19.4. The highest BCUT2D eigenvalue weighted by atomic mass is 16.6. The maximum atomic E-state index is 14.1. The molecule has 4 aliphatic rings. The molecule has 4 amide bonds. The zero-order chi connectivity index (χ0) is 37.5. The number of amides is 4. The van der Waals surface area contributed by atoms with E-state index in [2.05, 4.69) is 15.1 Å². The van der Waals surface area contributed by atoms with Crippen molar-refractivity contribution in [3.63, 3.8) is 0 Å². The first-order chi connectivity index (χ1) is 25.6. The van der Waals surface area contributed by atoms with E-state index in [1.807, 2.05) is 67.0 Å². The predicted molar refractivity (Wildman–Crippen MR) is 208 cm³/mol. The standard InChI is InChI=1S/C40H56N6O7.CH4/c1-4-23-52-36(47)27-42-19-21-43(22-20-42)32-10-14-44(15-11-32)38(49)35(26-30-24-28(2)37(48)29(3)25-30)53-40(51)45-16-12-33(13-17-45)46-18-9-31-7-5-6-8-34(31)41-39(46)50;/h5-8,24-25,32-33,35,48H,4,9-23,26-27H2,1-3H3,(H,41,50);1H4/t35-;/m1./s1. The molecule has 0 spiro atoms. The van der Waals surface area contributed by atoms with Gasteiger partial charge in [0.05, 0.1) is 13.2 Å². The molecule has 54 heavy (non-hydrogen) atoms. The van der Waals surface area contributed by atoms with E-state index in [4.69, 9.17) is 9.47 Å². The van der Waals surface area contributed by atoms with Gasteiger partial charge in [-0.15, -0.1) is 0 Å². The molecule has 4 aliphatic heterocycles. The van der Waals surface area contributed by atoms with Gasteiger partial charge in [0.15, 0.2) is 6.10 Å². The Morgan fingerprint density at radius 1 is 0.870 bits per heavy atom. The van der Waals surface area contributed by atoms with Crippen LogP contribution in [0.25, 0.3) is 0 Å². The highest BCUT2D eigenvalue weighted by Gasteiger charge is 2.37. The number of hydrogen-bond acceptors (Lipinski definition) is 9. The van der Waals surface area contributed by atoms with E-state index >= 15 is 0 Å². The quantitative estimate of drug-likeness (QED) is 0.329. The number of para-hydroxylation sites is 1. The molecule has 13 heteroatoms. The number of aryl methyl sites for hydroxylation is 2. The summed E-state index contributed by atoms with van der Waals surface area (Å²) in [5, 5.41) is 13.4. The molecule has 2 aromatic carbocycles. The molecule has 2 aromatic rings. The highest BCUT2D eigenvalue weighted by Crippen LogP contribution is 2.28. The summed E-state index contributed by atoms with van der Waals surface area (Å²) in [5.74, 6) is -0.151. The van der Waals surface area contributed by atoms with Crippen molar-refractivity contribution in [2.45, 2.75) is 91.3 Å². The number of nitrogens with zero attached hydrogens (tertiary/aromatic N) is 5. The number of carbonyl (C=O) groups excluding carboxylic acids is 4. The molecule has 13 nitrogen and oxygen atoms in total. The monoisotopic (exact) mass is 748 g/mol. The first-order valence-electron chi connectivity index (χ1n) is 19.4. The zero-order valence-electron chi connectivity index (χ0n) is 31.6. The minimum absolute atomic E-state index is 0. The number of likely N-dealkylation sites (tertiary alicyclic amines) is 2. The second-order valence-electron chi connectivity index (χ2n) is 15.0. The number of fused-ring (bicyclic) bond motifs is 1. The van der Waals surface area contributed by atoms with Gasteiger partial charge in [-0.3, -0.25) is 19.4 Å². The average Bonchev–Trinajstić information content (AvgIpc) is 3.34. The smallest absolute Gasteiger partial charge is 0.410 e. The summed E-state index contributed by atoms with van der Waals surface area (Å²) in [5.41, 5.74) is 4.20. The molecule has 4 heterocycles. The Morgan fingerprint density at radius 2 is 1.50 bits per heavy atom. The van der Waals surface area contributed by atoms with Gasteiger partial charge in [-0.2, -0.15) is 0 Å².